The molecule has 0 radical (unpaired) electrons. The van der Waals surface area contributed by atoms with Crippen molar-refractivity contribution in [1.82, 2.24) is 15.0 Å². The number of nitrogens with zero attached hydrogens (tertiary/aromatic N) is 3. The molecule has 2 atom stereocenters. The number of aryl methyl sites for hydroxylation is 1. The van der Waals surface area contributed by atoms with Crippen molar-refractivity contribution in [3.8, 4) is 17.1 Å². The van der Waals surface area contributed by atoms with Crippen LogP contribution in [0, 0.1) is 0 Å². The fraction of sp³-hybridized carbons (Fsp3) is 0.407. The number of amides is 1. The van der Waals surface area contributed by atoms with E-state index in [0.29, 0.717) is 17.1 Å². The zero-order valence-electron chi connectivity index (χ0n) is 20.4. The van der Waals surface area contributed by atoms with Crippen LogP contribution in [0.2, 0.25) is 0 Å². The Morgan fingerprint density at radius 2 is 1.71 bits per heavy atom. The number of benzene rings is 2. The Bertz CT molecular complexity index is 1130. The zero-order chi connectivity index (χ0) is 24.8. The van der Waals surface area contributed by atoms with Gasteiger partial charge in [-0.1, -0.05) is 36.3 Å². The van der Waals surface area contributed by atoms with Crippen LogP contribution in [0.4, 0.5) is 0 Å². The Morgan fingerprint density at radius 1 is 1.03 bits per heavy atom. The lowest BCUT2D eigenvalue weighted by Crippen LogP contribution is -2.49. The Balaban J connectivity index is 1.27. The predicted molar refractivity (Wildman–Crippen MR) is 130 cm³/mol. The highest BCUT2D eigenvalue weighted by Crippen LogP contribution is 2.23. The summed E-state index contributed by atoms with van der Waals surface area (Å²) in [6, 6.07) is 14.9. The Morgan fingerprint density at radius 3 is 2.37 bits per heavy atom. The first kappa shape index (κ1) is 24.4. The summed E-state index contributed by atoms with van der Waals surface area (Å²) in [5.74, 6) is 0.641. The summed E-state index contributed by atoms with van der Waals surface area (Å²) < 4.78 is 16.2. The SMILES string of the molecule is CCc1ccc(-c2noc(COC(=O)c3ccc(OCC(=O)N4C(C)CCCC4C)cc3)n2)cc1. The van der Waals surface area contributed by atoms with Gasteiger partial charge in [0.25, 0.3) is 11.8 Å². The smallest absolute Gasteiger partial charge is 0.338 e. The largest absolute Gasteiger partial charge is 0.484 e. The number of carbonyl (C=O) groups excluding carboxylic acids is 2. The predicted octanol–water partition coefficient (Wildman–Crippen LogP) is 4.82. The molecule has 1 saturated heterocycles. The second-order valence-corrected chi connectivity index (χ2v) is 8.88. The number of aromatic nitrogens is 2. The van der Waals surface area contributed by atoms with Crippen molar-refractivity contribution >= 4 is 11.9 Å². The molecular weight excluding hydrogens is 446 g/mol. The lowest BCUT2D eigenvalue weighted by atomic mass is 9.97. The minimum Gasteiger partial charge on any atom is -0.484 e. The van der Waals surface area contributed by atoms with Crippen LogP contribution in [-0.4, -0.2) is 45.6 Å². The van der Waals surface area contributed by atoms with E-state index >= 15 is 0 Å². The molecule has 184 valence electrons. The van der Waals surface area contributed by atoms with Gasteiger partial charge in [0, 0.05) is 17.6 Å². The molecule has 0 N–H and O–H groups in total. The molecule has 2 heterocycles. The molecule has 0 saturated carbocycles. The van der Waals surface area contributed by atoms with Crippen molar-refractivity contribution in [2.24, 2.45) is 0 Å². The molecule has 1 amide bonds. The molecule has 1 aliphatic heterocycles. The number of hydrogen-bond acceptors (Lipinski definition) is 7. The van der Waals surface area contributed by atoms with Gasteiger partial charge in [-0.2, -0.15) is 4.98 Å². The van der Waals surface area contributed by atoms with Crippen LogP contribution in [0.3, 0.4) is 0 Å². The second-order valence-electron chi connectivity index (χ2n) is 8.88. The molecule has 0 aliphatic carbocycles. The summed E-state index contributed by atoms with van der Waals surface area (Å²) in [7, 11) is 0. The summed E-state index contributed by atoms with van der Waals surface area (Å²) in [5, 5.41) is 3.96. The molecule has 1 aliphatic rings. The molecule has 8 heteroatoms. The van der Waals surface area contributed by atoms with E-state index in [1.165, 1.54) is 5.56 Å². The summed E-state index contributed by atoms with van der Waals surface area (Å²) in [5.41, 5.74) is 2.42. The van der Waals surface area contributed by atoms with Crippen LogP contribution >= 0.6 is 0 Å². The maximum atomic E-state index is 12.6. The second kappa shape index (κ2) is 11.2. The molecule has 8 nitrogen and oxygen atoms in total. The molecule has 2 aromatic carbocycles. The van der Waals surface area contributed by atoms with Gasteiger partial charge in [0.1, 0.15) is 5.75 Å². The highest BCUT2D eigenvalue weighted by atomic mass is 16.6. The Kier molecular flexibility index (Phi) is 7.80. The van der Waals surface area contributed by atoms with Gasteiger partial charge in [0.15, 0.2) is 13.2 Å². The normalized spacial score (nSPS) is 17.7. The first-order valence-electron chi connectivity index (χ1n) is 12.1. The van der Waals surface area contributed by atoms with Crippen molar-refractivity contribution in [2.45, 2.75) is 65.1 Å². The highest BCUT2D eigenvalue weighted by Gasteiger charge is 2.29. The van der Waals surface area contributed by atoms with Gasteiger partial charge >= 0.3 is 5.97 Å². The fourth-order valence-corrected chi connectivity index (χ4v) is 4.35. The average Bonchev–Trinajstić information content (AvgIpc) is 3.35. The lowest BCUT2D eigenvalue weighted by molar-refractivity contribution is -0.139. The Hall–Kier alpha value is -3.68. The van der Waals surface area contributed by atoms with Gasteiger partial charge in [0.2, 0.25) is 5.82 Å². The molecule has 4 rings (SSSR count). The van der Waals surface area contributed by atoms with Crippen LogP contribution in [0.1, 0.15) is 61.8 Å². The van der Waals surface area contributed by atoms with Gasteiger partial charge in [-0.05, 0) is 69.4 Å². The van der Waals surface area contributed by atoms with E-state index in [9.17, 15) is 9.59 Å². The van der Waals surface area contributed by atoms with Crippen LogP contribution in [-0.2, 0) is 22.6 Å². The van der Waals surface area contributed by atoms with E-state index in [2.05, 4.69) is 30.9 Å². The number of carbonyl (C=O) groups is 2. The molecule has 3 aromatic rings. The van der Waals surface area contributed by atoms with Gasteiger partial charge in [-0.3, -0.25) is 4.79 Å². The third-order valence-electron chi connectivity index (χ3n) is 6.35. The van der Waals surface area contributed by atoms with E-state index in [-0.39, 0.29) is 37.1 Å². The molecule has 1 aromatic heterocycles. The molecule has 0 spiro atoms. The highest BCUT2D eigenvalue weighted by molar-refractivity contribution is 5.89. The van der Waals surface area contributed by atoms with Gasteiger partial charge in [-0.25, -0.2) is 4.79 Å². The molecule has 0 bridgehead atoms. The lowest BCUT2D eigenvalue weighted by Gasteiger charge is -2.38. The van der Waals surface area contributed by atoms with Crippen molar-refractivity contribution in [2.75, 3.05) is 6.61 Å². The molecular formula is C27H31N3O5. The monoisotopic (exact) mass is 477 g/mol. The van der Waals surface area contributed by atoms with E-state index in [1.54, 1.807) is 24.3 Å². The maximum absolute atomic E-state index is 12.6. The van der Waals surface area contributed by atoms with Crippen LogP contribution < -0.4 is 4.74 Å². The standard InChI is InChI=1S/C27H31N3O5/c1-4-20-8-10-21(11-9-20)26-28-24(35-29-26)16-34-27(32)22-12-14-23(15-13-22)33-17-25(31)30-18(2)6-5-7-19(30)3/h8-15,18-19H,4-7,16-17H2,1-3H3. The third-order valence-corrected chi connectivity index (χ3v) is 6.35. The van der Waals surface area contributed by atoms with Crippen LogP contribution in [0.15, 0.2) is 53.1 Å². The number of likely N-dealkylation sites (tertiary alicyclic amines) is 1. The number of ether oxygens (including phenoxy) is 2. The van der Waals surface area contributed by atoms with Crippen molar-refractivity contribution in [3.05, 3.63) is 65.5 Å². The summed E-state index contributed by atoms with van der Waals surface area (Å²) >= 11 is 0. The number of piperidine rings is 1. The molecule has 1 fully saturated rings. The van der Waals surface area contributed by atoms with Gasteiger partial charge < -0.3 is 18.9 Å². The van der Waals surface area contributed by atoms with E-state index in [4.69, 9.17) is 14.0 Å². The van der Waals surface area contributed by atoms with Crippen molar-refractivity contribution in [1.29, 1.82) is 0 Å². The van der Waals surface area contributed by atoms with Gasteiger partial charge in [-0.15, -0.1) is 0 Å². The summed E-state index contributed by atoms with van der Waals surface area (Å²) in [6.45, 7) is 6.09. The zero-order valence-corrected chi connectivity index (χ0v) is 20.4. The average molecular weight is 478 g/mol. The van der Waals surface area contributed by atoms with Crippen molar-refractivity contribution in [3.63, 3.8) is 0 Å². The van der Waals surface area contributed by atoms with Crippen LogP contribution in [0.5, 0.6) is 5.75 Å². The fourth-order valence-electron chi connectivity index (χ4n) is 4.35. The summed E-state index contributed by atoms with van der Waals surface area (Å²) in [6.07, 6.45) is 4.13. The number of hydrogen-bond donors (Lipinski definition) is 0. The number of esters is 1. The number of rotatable bonds is 8. The summed E-state index contributed by atoms with van der Waals surface area (Å²) in [4.78, 5) is 31.2. The first-order valence-corrected chi connectivity index (χ1v) is 12.1. The molecule has 35 heavy (non-hydrogen) atoms. The minimum atomic E-state index is -0.518. The van der Waals surface area contributed by atoms with Gasteiger partial charge in [0.05, 0.1) is 5.56 Å². The topological polar surface area (TPSA) is 94.8 Å². The third kappa shape index (κ3) is 6.07. The molecule has 2 unspecified atom stereocenters. The van der Waals surface area contributed by atoms with E-state index in [1.807, 2.05) is 29.2 Å². The quantitative estimate of drug-likeness (QED) is 0.429. The van der Waals surface area contributed by atoms with E-state index < -0.39 is 5.97 Å². The maximum Gasteiger partial charge on any atom is 0.338 e. The Labute approximate surface area is 205 Å². The van der Waals surface area contributed by atoms with Crippen molar-refractivity contribution < 1.29 is 23.6 Å². The van der Waals surface area contributed by atoms with Crippen LogP contribution in [0.25, 0.3) is 11.4 Å². The minimum absolute atomic E-state index is 0.0200. The first-order chi connectivity index (χ1) is 16.9. The van der Waals surface area contributed by atoms with E-state index in [0.717, 1.165) is 31.2 Å².